The van der Waals surface area contributed by atoms with Gasteiger partial charge in [0.2, 0.25) is 0 Å². The molecule has 2 N–H and O–H groups in total. The van der Waals surface area contributed by atoms with E-state index >= 15 is 0 Å². The van der Waals surface area contributed by atoms with Crippen molar-refractivity contribution in [2.75, 3.05) is 0 Å². The molecule has 0 saturated heterocycles. The monoisotopic (exact) mass is 403 g/mol. The molecule has 0 saturated carbocycles. The van der Waals surface area contributed by atoms with Gasteiger partial charge in [-0.1, -0.05) is 28.1 Å². The average Bonchev–Trinajstić information content (AvgIpc) is 3.01. The Morgan fingerprint density at radius 2 is 1.76 bits per heavy atom. The van der Waals surface area contributed by atoms with Crippen LogP contribution in [0.3, 0.4) is 0 Å². The number of halogens is 1. The number of furan rings is 1. The number of hydrogen-bond donors (Lipinski definition) is 2. The minimum Gasteiger partial charge on any atom is -0.457 e. The van der Waals surface area contributed by atoms with E-state index in [-0.39, 0.29) is 5.69 Å². The Bertz CT molecular complexity index is 1080. The van der Waals surface area contributed by atoms with Crippen molar-refractivity contribution in [3.63, 3.8) is 0 Å². The van der Waals surface area contributed by atoms with E-state index in [9.17, 15) is 19.7 Å². The second kappa shape index (κ2) is 6.73. The molecule has 1 aromatic carbocycles. The standard InChI is InChI=1S/C16H10BrN3O5/c17-10-3-1-9(2-4-10)13-8-6-11(25-13)5-7-12-14(20(23)24)15(21)19-16(22)18-12/h1-8H,(H2,18,19,21,22). The van der Waals surface area contributed by atoms with Gasteiger partial charge in [0.15, 0.2) is 0 Å². The summed E-state index contributed by atoms with van der Waals surface area (Å²) >= 11 is 3.35. The summed E-state index contributed by atoms with van der Waals surface area (Å²) in [6, 6.07) is 10.9. The minimum absolute atomic E-state index is 0.208. The second-order valence-corrected chi connectivity index (χ2v) is 5.89. The first-order chi connectivity index (χ1) is 11.9. The van der Waals surface area contributed by atoms with E-state index in [0.717, 1.165) is 10.0 Å². The fourth-order valence-corrected chi connectivity index (χ4v) is 2.44. The number of benzene rings is 1. The summed E-state index contributed by atoms with van der Waals surface area (Å²) in [5.41, 5.74) is -1.98. The summed E-state index contributed by atoms with van der Waals surface area (Å²) in [6.07, 6.45) is 2.68. The largest absolute Gasteiger partial charge is 0.457 e. The SMILES string of the molecule is O=c1[nH]c(C=Cc2ccc(-c3ccc(Br)cc3)o2)c([N+](=O)[O-])c(=O)[nH]1. The van der Waals surface area contributed by atoms with Gasteiger partial charge in [0.1, 0.15) is 17.2 Å². The van der Waals surface area contributed by atoms with E-state index in [2.05, 4.69) is 20.9 Å². The van der Waals surface area contributed by atoms with Gasteiger partial charge in [0.05, 0.1) is 4.92 Å². The first kappa shape index (κ1) is 16.7. The summed E-state index contributed by atoms with van der Waals surface area (Å²) in [6.45, 7) is 0. The molecule has 0 bridgehead atoms. The molecule has 0 amide bonds. The predicted molar refractivity (Wildman–Crippen MR) is 95.1 cm³/mol. The maximum Gasteiger partial charge on any atom is 0.357 e. The number of hydrogen-bond acceptors (Lipinski definition) is 5. The highest BCUT2D eigenvalue weighted by molar-refractivity contribution is 9.10. The van der Waals surface area contributed by atoms with Gasteiger partial charge in [-0.25, -0.2) is 4.79 Å². The van der Waals surface area contributed by atoms with Gasteiger partial charge in [-0.3, -0.25) is 19.9 Å². The number of aromatic nitrogens is 2. The van der Waals surface area contributed by atoms with Crippen LogP contribution < -0.4 is 11.2 Å². The van der Waals surface area contributed by atoms with Crippen molar-refractivity contribution in [1.29, 1.82) is 0 Å². The highest BCUT2D eigenvalue weighted by Gasteiger charge is 2.18. The molecule has 0 aliphatic carbocycles. The molecule has 0 fully saturated rings. The van der Waals surface area contributed by atoms with Gasteiger partial charge in [-0.05, 0) is 36.4 Å². The third-order valence-electron chi connectivity index (χ3n) is 3.30. The molecule has 0 spiro atoms. The fraction of sp³-hybridized carbons (Fsp3) is 0. The van der Waals surface area contributed by atoms with Crippen molar-refractivity contribution in [3.05, 3.63) is 83.3 Å². The van der Waals surface area contributed by atoms with Crippen LogP contribution in [0.1, 0.15) is 11.5 Å². The third-order valence-corrected chi connectivity index (χ3v) is 3.83. The van der Waals surface area contributed by atoms with Crippen LogP contribution in [0, 0.1) is 10.1 Å². The molecular weight excluding hydrogens is 394 g/mol. The van der Waals surface area contributed by atoms with Crippen LogP contribution in [0.4, 0.5) is 5.69 Å². The molecule has 8 nitrogen and oxygen atoms in total. The van der Waals surface area contributed by atoms with E-state index in [1.54, 1.807) is 12.1 Å². The summed E-state index contributed by atoms with van der Waals surface area (Å²) in [4.78, 5) is 37.0. The lowest BCUT2D eigenvalue weighted by Gasteiger charge is -1.97. The molecule has 0 aliphatic heterocycles. The van der Waals surface area contributed by atoms with Crippen molar-refractivity contribution < 1.29 is 9.34 Å². The molecule has 3 rings (SSSR count). The molecule has 9 heteroatoms. The van der Waals surface area contributed by atoms with Crippen LogP contribution in [-0.2, 0) is 0 Å². The van der Waals surface area contributed by atoms with Crippen molar-refractivity contribution >= 4 is 33.8 Å². The quantitative estimate of drug-likeness (QED) is 0.511. The lowest BCUT2D eigenvalue weighted by atomic mass is 10.2. The molecule has 2 aromatic heterocycles. The van der Waals surface area contributed by atoms with E-state index in [1.807, 2.05) is 29.2 Å². The molecule has 25 heavy (non-hydrogen) atoms. The summed E-state index contributed by atoms with van der Waals surface area (Å²) in [5.74, 6) is 1.02. The molecule has 0 unspecified atom stereocenters. The Morgan fingerprint density at radius 1 is 1.04 bits per heavy atom. The average molecular weight is 404 g/mol. The van der Waals surface area contributed by atoms with Crippen molar-refractivity contribution in [1.82, 2.24) is 9.97 Å². The van der Waals surface area contributed by atoms with Crippen LogP contribution in [0.25, 0.3) is 23.5 Å². The van der Waals surface area contributed by atoms with E-state index in [1.165, 1.54) is 12.2 Å². The molecule has 0 radical (unpaired) electrons. The van der Waals surface area contributed by atoms with Crippen LogP contribution in [0.15, 0.2) is 54.9 Å². The Labute approximate surface area is 148 Å². The maximum atomic E-state index is 11.6. The maximum absolute atomic E-state index is 11.6. The zero-order chi connectivity index (χ0) is 18.0. The highest BCUT2D eigenvalue weighted by Crippen LogP contribution is 2.25. The fourth-order valence-electron chi connectivity index (χ4n) is 2.18. The lowest BCUT2D eigenvalue weighted by molar-refractivity contribution is -0.386. The molecule has 0 aliphatic rings. The number of rotatable bonds is 4. The van der Waals surface area contributed by atoms with E-state index < -0.39 is 21.9 Å². The van der Waals surface area contributed by atoms with Crippen LogP contribution in [0.2, 0.25) is 0 Å². The summed E-state index contributed by atoms with van der Waals surface area (Å²) in [7, 11) is 0. The van der Waals surface area contributed by atoms with Crippen molar-refractivity contribution in [3.8, 4) is 11.3 Å². The Morgan fingerprint density at radius 3 is 2.44 bits per heavy atom. The number of nitrogens with one attached hydrogen (secondary N) is 2. The normalized spacial score (nSPS) is 11.1. The topological polar surface area (TPSA) is 122 Å². The van der Waals surface area contributed by atoms with Gasteiger partial charge < -0.3 is 9.40 Å². The zero-order valence-electron chi connectivity index (χ0n) is 12.5. The zero-order valence-corrected chi connectivity index (χ0v) is 14.1. The Balaban J connectivity index is 1.94. The molecule has 3 aromatic rings. The van der Waals surface area contributed by atoms with Gasteiger partial charge >= 0.3 is 16.9 Å². The van der Waals surface area contributed by atoms with Crippen LogP contribution >= 0.6 is 15.9 Å². The predicted octanol–water partition coefficient (Wildman–Crippen LogP) is 3.16. The highest BCUT2D eigenvalue weighted by atomic mass is 79.9. The first-order valence-electron chi connectivity index (χ1n) is 6.99. The number of H-pyrrole nitrogens is 2. The number of aromatic amines is 2. The summed E-state index contributed by atoms with van der Waals surface area (Å²) in [5, 5.41) is 11.0. The molecule has 2 heterocycles. The second-order valence-electron chi connectivity index (χ2n) is 4.97. The number of nitro groups is 1. The Kier molecular flexibility index (Phi) is 4.48. The first-order valence-corrected chi connectivity index (χ1v) is 7.78. The molecular formula is C16H10BrN3O5. The Hall–Kier alpha value is -3.20. The minimum atomic E-state index is -1.07. The van der Waals surface area contributed by atoms with Crippen LogP contribution in [-0.4, -0.2) is 14.9 Å². The van der Waals surface area contributed by atoms with E-state index in [0.29, 0.717) is 11.5 Å². The van der Waals surface area contributed by atoms with Gasteiger partial charge in [-0.2, -0.15) is 0 Å². The smallest absolute Gasteiger partial charge is 0.357 e. The summed E-state index contributed by atoms with van der Waals surface area (Å²) < 4.78 is 6.58. The van der Waals surface area contributed by atoms with Crippen molar-refractivity contribution in [2.45, 2.75) is 0 Å². The van der Waals surface area contributed by atoms with Crippen molar-refractivity contribution in [2.24, 2.45) is 0 Å². The van der Waals surface area contributed by atoms with Gasteiger partial charge in [0.25, 0.3) is 0 Å². The third kappa shape index (κ3) is 3.66. The van der Waals surface area contributed by atoms with Gasteiger partial charge in [-0.15, -0.1) is 0 Å². The van der Waals surface area contributed by atoms with Crippen LogP contribution in [0.5, 0.6) is 0 Å². The van der Waals surface area contributed by atoms with Gasteiger partial charge in [0, 0.05) is 10.0 Å². The lowest BCUT2D eigenvalue weighted by Crippen LogP contribution is -2.25. The number of nitrogens with zero attached hydrogens (tertiary/aromatic N) is 1. The van der Waals surface area contributed by atoms with E-state index in [4.69, 9.17) is 4.42 Å². The molecule has 126 valence electrons. The molecule has 0 atom stereocenters.